The molecule has 0 amide bonds. The van der Waals surface area contributed by atoms with Crippen LogP contribution < -0.4 is 5.73 Å². The highest BCUT2D eigenvalue weighted by Gasteiger charge is 2.22. The van der Waals surface area contributed by atoms with Crippen LogP contribution in [0.15, 0.2) is 52.9 Å². The van der Waals surface area contributed by atoms with Crippen molar-refractivity contribution in [1.82, 2.24) is 9.78 Å². The Morgan fingerprint density at radius 3 is 2.80 bits per heavy atom. The number of benzene rings is 1. The van der Waals surface area contributed by atoms with Gasteiger partial charge in [0.05, 0.1) is 17.6 Å². The summed E-state index contributed by atoms with van der Waals surface area (Å²) in [7, 11) is 0. The van der Waals surface area contributed by atoms with E-state index in [2.05, 4.69) is 22.2 Å². The quantitative estimate of drug-likeness (QED) is 0.927. The molecule has 2 aromatic rings. The third kappa shape index (κ3) is 2.34. The first kappa shape index (κ1) is 12.6. The Morgan fingerprint density at radius 1 is 1.25 bits per heavy atom. The van der Waals surface area contributed by atoms with E-state index in [1.165, 1.54) is 0 Å². The molecule has 2 N–H and O–H groups in total. The molecular weight excluding hydrogens is 250 g/mol. The normalized spacial score (nSPS) is 18.6. The van der Waals surface area contributed by atoms with Crippen molar-refractivity contribution in [2.24, 2.45) is 21.9 Å². The van der Waals surface area contributed by atoms with Gasteiger partial charge in [-0.3, -0.25) is 0 Å². The fourth-order valence-corrected chi connectivity index (χ4v) is 2.40. The number of nitrogens with zero attached hydrogens (tertiary/aromatic N) is 4. The van der Waals surface area contributed by atoms with E-state index in [-0.39, 0.29) is 0 Å². The molecule has 0 bridgehead atoms. The van der Waals surface area contributed by atoms with Crippen molar-refractivity contribution < 1.29 is 0 Å². The minimum absolute atomic E-state index is 0.320. The van der Waals surface area contributed by atoms with E-state index in [0.29, 0.717) is 11.8 Å². The van der Waals surface area contributed by atoms with Crippen LogP contribution in [0.2, 0.25) is 0 Å². The Morgan fingerprint density at radius 2 is 2.05 bits per heavy atom. The lowest BCUT2D eigenvalue weighted by Gasteiger charge is -2.18. The van der Waals surface area contributed by atoms with Gasteiger partial charge in [0.15, 0.2) is 0 Å². The maximum Gasteiger partial charge on any atom is 0.123 e. The van der Waals surface area contributed by atoms with Crippen LogP contribution in [0, 0.1) is 5.92 Å². The van der Waals surface area contributed by atoms with E-state index in [1.54, 1.807) is 0 Å². The van der Waals surface area contributed by atoms with Gasteiger partial charge in [-0.15, -0.1) is 5.10 Å². The van der Waals surface area contributed by atoms with Crippen LogP contribution in [0.3, 0.4) is 0 Å². The van der Waals surface area contributed by atoms with Crippen molar-refractivity contribution in [3.8, 4) is 5.69 Å². The van der Waals surface area contributed by atoms with Crippen LogP contribution in [0.4, 0.5) is 0 Å². The van der Waals surface area contributed by atoms with E-state index >= 15 is 0 Å². The standard InChI is InChI=1S/C15H17N5/c1-2-11-8-14(16)18-19-15(11)12-9-17-20(10-12)13-6-4-3-5-7-13/h3-7,9-11H,2,8H2,1H3,(H2,16,18). The summed E-state index contributed by atoms with van der Waals surface area (Å²) in [5.41, 5.74) is 8.78. The van der Waals surface area contributed by atoms with Gasteiger partial charge >= 0.3 is 0 Å². The third-order valence-corrected chi connectivity index (χ3v) is 3.52. The number of aromatic nitrogens is 2. The summed E-state index contributed by atoms with van der Waals surface area (Å²) in [4.78, 5) is 0. The van der Waals surface area contributed by atoms with Crippen molar-refractivity contribution in [2.75, 3.05) is 0 Å². The summed E-state index contributed by atoms with van der Waals surface area (Å²) in [6, 6.07) is 10.0. The highest BCUT2D eigenvalue weighted by atomic mass is 15.3. The van der Waals surface area contributed by atoms with Gasteiger partial charge < -0.3 is 5.73 Å². The van der Waals surface area contributed by atoms with Crippen LogP contribution in [0.25, 0.3) is 5.69 Å². The van der Waals surface area contributed by atoms with E-state index in [4.69, 9.17) is 5.73 Å². The van der Waals surface area contributed by atoms with E-state index in [9.17, 15) is 0 Å². The van der Waals surface area contributed by atoms with Gasteiger partial charge in [-0.1, -0.05) is 25.1 Å². The number of hydrogen-bond acceptors (Lipinski definition) is 4. The number of para-hydroxylation sites is 1. The van der Waals surface area contributed by atoms with Crippen molar-refractivity contribution in [3.05, 3.63) is 48.3 Å². The molecule has 2 heterocycles. The highest BCUT2D eigenvalue weighted by molar-refractivity contribution is 6.05. The first-order valence-corrected chi connectivity index (χ1v) is 6.78. The molecule has 1 aliphatic rings. The fraction of sp³-hybridized carbons (Fsp3) is 0.267. The summed E-state index contributed by atoms with van der Waals surface area (Å²) in [5.74, 6) is 0.928. The van der Waals surface area contributed by atoms with Gasteiger partial charge in [0, 0.05) is 24.1 Å². The van der Waals surface area contributed by atoms with Gasteiger partial charge in [-0.2, -0.15) is 10.2 Å². The number of hydrogen-bond donors (Lipinski definition) is 1. The molecule has 1 atom stereocenters. The Balaban J connectivity index is 1.94. The van der Waals surface area contributed by atoms with Crippen LogP contribution in [-0.2, 0) is 0 Å². The predicted octanol–water partition coefficient (Wildman–Crippen LogP) is 2.36. The molecule has 5 nitrogen and oxygen atoms in total. The lowest BCUT2D eigenvalue weighted by atomic mass is 9.92. The van der Waals surface area contributed by atoms with Crippen molar-refractivity contribution in [2.45, 2.75) is 19.8 Å². The average Bonchev–Trinajstić information content (AvgIpc) is 2.97. The molecule has 20 heavy (non-hydrogen) atoms. The molecule has 3 rings (SSSR count). The van der Waals surface area contributed by atoms with Crippen LogP contribution >= 0.6 is 0 Å². The lowest BCUT2D eigenvalue weighted by Crippen LogP contribution is -2.26. The van der Waals surface area contributed by atoms with E-state index in [1.807, 2.05) is 47.4 Å². The first-order chi connectivity index (χ1) is 9.78. The minimum atomic E-state index is 0.320. The molecule has 5 heteroatoms. The SMILES string of the molecule is CCC1CC(N)=NN=C1c1cnn(-c2ccccc2)c1. The summed E-state index contributed by atoms with van der Waals surface area (Å²) in [6.45, 7) is 2.14. The topological polar surface area (TPSA) is 68.6 Å². The summed E-state index contributed by atoms with van der Waals surface area (Å²) >= 11 is 0. The fourth-order valence-electron chi connectivity index (χ4n) is 2.40. The van der Waals surface area contributed by atoms with E-state index in [0.717, 1.165) is 29.8 Å². The maximum absolute atomic E-state index is 5.76. The molecule has 102 valence electrons. The molecule has 1 aliphatic heterocycles. The molecule has 0 radical (unpaired) electrons. The molecule has 0 saturated heterocycles. The monoisotopic (exact) mass is 267 g/mol. The molecule has 0 aliphatic carbocycles. The maximum atomic E-state index is 5.76. The van der Waals surface area contributed by atoms with Gasteiger partial charge in [-0.05, 0) is 18.6 Å². The smallest absolute Gasteiger partial charge is 0.123 e. The molecule has 1 aromatic heterocycles. The minimum Gasteiger partial charge on any atom is -0.386 e. The average molecular weight is 267 g/mol. The van der Waals surface area contributed by atoms with Gasteiger partial charge in [0.25, 0.3) is 0 Å². The Bertz CT molecular complexity index is 654. The molecule has 1 aromatic carbocycles. The largest absolute Gasteiger partial charge is 0.386 e. The van der Waals surface area contributed by atoms with Gasteiger partial charge in [0.2, 0.25) is 0 Å². The Hall–Kier alpha value is -2.43. The molecule has 1 unspecified atom stereocenters. The van der Waals surface area contributed by atoms with Crippen molar-refractivity contribution in [3.63, 3.8) is 0 Å². The van der Waals surface area contributed by atoms with Crippen LogP contribution in [0.5, 0.6) is 0 Å². The number of nitrogens with two attached hydrogens (primary N) is 1. The number of amidine groups is 1. The molecule has 0 fully saturated rings. The second-order valence-corrected chi connectivity index (χ2v) is 4.90. The lowest BCUT2D eigenvalue weighted by molar-refractivity contribution is 0.677. The van der Waals surface area contributed by atoms with Gasteiger partial charge in [-0.25, -0.2) is 4.68 Å². The predicted molar refractivity (Wildman–Crippen MR) is 80.1 cm³/mol. The molecular formula is C15H17N5. The van der Waals surface area contributed by atoms with E-state index < -0.39 is 0 Å². The Kier molecular flexibility index (Phi) is 3.33. The van der Waals surface area contributed by atoms with Crippen molar-refractivity contribution in [1.29, 1.82) is 0 Å². The zero-order valence-electron chi connectivity index (χ0n) is 11.4. The summed E-state index contributed by atoms with van der Waals surface area (Å²) in [6.07, 6.45) is 5.59. The second-order valence-electron chi connectivity index (χ2n) is 4.90. The zero-order chi connectivity index (χ0) is 13.9. The number of rotatable bonds is 3. The second kappa shape index (κ2) is 5.28. The van der Waals surface area contributed by atoms with Crippen molar-refractivity contribution >= 4 is 11.5 Å². The summed E-state index contributed by atoms with van der Waals surface area (Å²) in [5, 5.41) is 12.7. The Labute approximate surface area is 117 Å². The summed E-state index contributed by atoms with van der Waals surface area (Å²) < 4.78 is 1.85. The zero-order valence-corrected chi connectivity index (χ0v) is 11.4. The van der Waals surface area contributed by atoms with Crippen LogP contribution in [-0.4, -0.2) is 21.3 Å². The molecule has 0 spiro atoms. The van der Waals surface area contributed by atoms with Crippen LogP contribution in [0.1, 0.15) is 25.3 Å². The third-order valence-electron chi connectivity index (χ3n) is 3.52. The van der Waals surface area contributed by atoms with Gasteiger partial charge in [0.1, 0.15) is 5.84 Å². The first-order valence-electron chi connectivity index (χ1n) is 6.78. The molecule has 0 saturated carbocycles. The highest BCUT2D eigenvalue weighted by Crippen LogP contribution is 2.21.